The Morgan fingerprint density at radius 1 is 1.00 bits per heavy atom. The minimum absolute atomic E-state index is 0.00576. The maximum atomic E-state index is 13.6. The summed E-state index contributed by atoms with van der Waals surface area (Å²) in [5.41, 5.74) is -0.615. The number of esters is 1. The van der Waals surface area contributed by atoms with Crippen molar-refractivity contribution in [1.29, 1.82) is 0 Å². The van der Waals surface area contributed by atoms with E-state index >= 15 is 0 Å². The van der Waals surface area contributed by atoms with E-state index in [4.69, 9.17) is 18.9 Å². The van der Waals surface area contributed by atoms with Gasteiger partial charge < -0.3 is 44.1 Å². The number of hydrogen-bond donors (Lipinski definition) is 3. The number of aliphatic hydroxyl groups excluding tert-OH is 3. The van der Waals surface area contributed by atoms with E-state index in [1.54, 1.807) is 32.0 Å². The summed E-state index contributed by atoms with van der Waals surface area (Å²) < 4.78 is 24.8. The first-order valence-corrected chi connectivity index (χ1v) is 18.5. The fraction of sp³-hybridized carbons (Fsp3) is 0.892. The summed E-state index contributed by atoms with van der Waals surface area (Å²) in [6.07, 6.45) is 3.59. The number of cyclic esters (lactones) is 1. The number of aliphatic hydroxyl groups is 3. The normalized spacial score (nSPS) is 44.9. The summed E-state index contributed by atoms with van der Waals surface area (Å²) in [7, 11) is 3.59. The molecule has 3 saturated heterocycles. The van der Waals surface area contributed by atoms with Crippen molar-refractivity contribution in [2.24, 2.45) is 23.7 Å². The summed E-state index contributed by atoms with van der Waals surface area (Å²) in [5.74, 6) is -1.73. The number of fused-ring (bicyclic) bond motifs is 1. The van der Waals surface area contributed by atoms with Crippen LogP contribution in [0, 0.1) is 23.7 Å². The van der Waals surface area contributed by atoms with Gasteiger partial charge in [0.25, 0.3) is 0 Å². The molecular weight excluding hydrogens is 616 g/mol. The first-order chi connectivity index (χ1) is 22.7. The topological polar surface area (TPSA) is 142 Å². The molecule has 0 radical (unpaired) electrons. The standard InChI is InChI=1S/C37H64N2O9/c1-9-29-24(4)35-37(6,48-35)16-14-27(40)22(2)20-26(15-19-39-17-12-10-11-13-18-39)34(23(3)28(41)21-30(42)46-29)47-36-33(44)31(38(7)8)32(43)25(5)45-36/h14,16,22-26,28-29,31-36,41,43-44H,9-13,15,17-21H2,1-8H3/b16-14+/t22-,23+,24-,25-,26+,28-,29-,31+,32-,33-,34?,35+,36+,37+/m1/s1. The molecule has 1 unspecified atom stereocenters. The number of likely N-dealkylation sites (tertiary alicyclic amines) is 1. The van der Waals surface area contributed by atoms with E-state index in [9.17, 15) is 24.9 Å². The van der Waals surface area contributed by atoms with Gasteiger partial charge in [0, 0.05) is 17.8 Å². The highest BCUT2D eigenvalue weighted by Crippen LogP contribution is 2.45. The highest BCUT2D eigenvalue weighted by atomic mass is 16.7. The van der Waals surface area contributed by atoms with Crippen LogP contribution in [0.25, 0.3) is 0 Å². The van der Waals surface area contributed by atoms with Gasteiger partial charge in [0.05, 0.1) is 43.0 Å². The first-order valence-electron chi connectivity index (χ1n) is 18.5. The molecule has 0 aromatic carbocycles. The average Bonchev–Trinajstić information content (AvgIpc) is 3.78. The third-order valence-corrected chi connectivity index (χ3v) is 11.5. The molecule has 48 heavy (non-hydrogen) atoms. The zero-order chi connectivity index (χ0) is 35.3. The largest absolute Gasteiger partial charge is 0.462 e. The second-order valence-corrected chi connectivity index (χ2v) is 15.6. The second kappa shape index (κ2) is 17.2. The Hall–Kier alpha value is -1.44. The molecule has 276 valence electrons. The average molecular weight is 681 g/mol. The fourth-order valence-corrected chi connectivity index (χ4v) is 8.22. The number of carbonyl (C=O) groups is 2. The lowest BCUT2D eigenvalue weighted by molar-refractivity contribution is -0.304. The van der Waals surface area contributed by atoms with E-state index in [0.717, 1.165) is 32.5 Å². The van der Waals surface area contributed by atoms with E-state index in [1.165, 1.54) is 12.8 Å². The van der Waals surface area contributed by atoms with Crippen molar-refractivity contribution in [3.63, 3.8) is 0 Å². The number of nitrogens with zero attached hydrogens (tertiary/aromatic N) is 2. The molecule has 4 heterocycles. The van der Waals surface area contributed by atoms with E-state index in [1.807, 2.05) is 40.7 Å². The summed E-state index contributed by atoms with van der Waals surface area (Å²) in [4.78, 5) is 31.2. The Labute approximate surface area is 288 Å². The summed E-state index contributed by atoms with van der Waals surface area (Å²) in [5, 5.41) is 33.9. The van der Waals surface area contributed by atoms with Crippen molar-refractivity contribution in [3.8, 4) is 0 Å². The molecule has 14 atom stereocenters. The maximum absolute atomic E-state index is 13.6. The van der Waals surface area contributed by atoms with Gasteiger partial charge in [-0.05, 0) is 97.8 Å². The predicted octanol–water partition coefficient (Wildman–Crippen LogP) is 3.32. The highest BCUT2D eigenvalue weighted by molar-refractivity contribution is 5.91. The molecule has 11 nitrogen and oxygen atoms in total. The molecule has 0 spiro atoms. The Balaban J connectivity index is 1.68. The molecule has 4 aliphatic rings. The van der Waals surface area contributed by atoms with E-state index in [2.05, 4.69) is 4.90 Å². The Morgan fingerprint density at radius 2 is 1.67 bits per heavy atom. The highest BCUT2D eigenvalue weighted by Gasteiger charge is 2.55. The number of likely N-dealkylation sites (N-methyl/N-ethyl adjacent to an activating group) is 1. The van der Waals surface area contributed by atoms with Crippen molar-refractivity contribution in [1.82, 2.24) is 9.80 Å². The van der Waals surface area contributed by atoms with Crippen molar-refractivity contribution >= 4 is 11.8 Å². The summed E-state index contributed by atoms with van der Waals surface area (Å²) in [6, 6.07) is -0.635. The third-order valence-electron chi connectivity index (χ3n) is 11.5. The first kappa shape index (κ1) is 39.3. The van der Waals surface area contributed by atoms with Crippen LogP contribution < -0.4 is 0 Å². The van der Waals surface area contributed by atoms with Gasteiger partial charge in [0.15, 0.2) is 12.1 Å². The predicted molar refractivity (Wildman–Crippen MR) is 182 cm³/mol. The zero-order valence-corrected chi connectivity index (χ0v) is 30.6. The van der Waals surface area contributed by atoms with Crippen LogP contribution >= 0.6 is 0 Å². The number of ketones is 1. The molecular formula is C37H64N2O9. The quantitative estimate of drug-likeness (QED) is 0.269. The van der Waals surface area contributed by atoms with Gasteiger partial charge in [-0.2, -0.15) is 0 Å². The molecule has 0 bridgehead atoms. The number of ether oxygens (including phenoxy) is 4. The Bertz CT molecular complexity index is 1080. The number of rotatable bonds is 7. The van der Waals surface area contributed by atoms with Crippen LogP contribution in [0.5, 0.6) is 0 Å². The van der Waals surface area contributed by atoms with Gasteiger partial charge in [-0.25, -0.2) is 0 Å². The van der Waals surface area contributed by atoms with Crippen LogP contribution in [0.4, 0.5) is 0 Å². The van der Waals surface area contributed by atoms with E-state index in [-0.39, 0.29) is 36.1 Å². The lowest BCUT2D eigenvalue weighted by atomic mass is 9.79. The molecule has 0 aromatic heterocycles. The van der Waals surface area contributed by atoms with Crippen LogP contribution in [0.2, 0.25) is 0 Å². The Morgan fingerprint density at radius 3 is 2.29 bits per heavy atom. The van der Waals surface area contributed by atoms with Gasteiger partial charge in [-0.3, -0.25) is 9.59 Å². The van der Waals surface area contributed by atoms with Crippen LogP contribution in [0.1, 0.15) is 92.9 Å². The van der Waals surface area contributed by atoms with Crippen LogP contribution in [-0.4, -0.2) is 131 Å². The molecule has 0 aliphatic carbocycles. The molecule has 4 aliphatic heterocycles. The molecule has 4 rings (SSSR count). The van der Waals surface area contributed by atoms with Crippen molar-refractivity contribution in [3.05, 3.63) is 12.2 Å². The molecule has 0 amide bonds. The minimum Gasteiger partial charge on any atom is -0.462 e. The summed E-state index contributed by atoms with van der Waals surface area (Å²) >= 11 is 0. The summed E-state index contributed by atoms with van der Waals surface area (Å²) in [6.45, 7) is 14.3. The van der Waals surface area contributed by atoms with Crippen LogP contribution in [0.3, 0.4) is 0 Å². The zero-order valence-electron chi connectivity index (χ0n) is 30.6. The number of epoxide rings is 1. The van der Waals surface area contributed by atoms with E-state index in [0.29, 0.717) is 19.3 Å². The van der Waals surface area contributed by atoms with Gasteiger partial charge in [0.2, 0.25) is 0 Å². The Kier molecular flexibility index (Phi) is 14.1. The number of hydrogen-bond acceptors (Lipinski definition) is 11. The number of carbonyl (C=O) groups excluding carboxylic acids is 2. The molecule has 0 saturated carbocycles. The SMILES string of the molecule is CC[C@H]1OC(=O)C[C@@H](O)[C@H](C)C(O[C@@H]2O[C@H](C)[C@@H](O)[C@H](N(C)C)[C@H]2O)[C@@H](CCN2CCCCCC2)C[C@@H](C)C(=O)/C=C/[C@]2(C)O[C@H]2[C@@H]1C. The van der Waals surface area contributed by atoms with Gasteiger partial charge in [-0.15, -0.1) is 0 Å². The smallest absolute Gasteiger partial charge is 0.308 e. The monoisotopic (exact) mass is 680 g/mol. The van der Waals surface area contributed by atoms with Gasteiger partial charge >= 0.3 is 5.97 Å². The van der Waals surface area contributed by atoms with E-state index < -0.39 is 66.4 Å². The van der Waals surface area contributed by atoms with Crippen molar-refractivity contribution in [2.45, 2.75) is 154 Å². The lowest BCUT2D eigenvalue weighted by Crippen LogP contribution is -2.63. The van der Waals surface area contributed by atoms with Crippen molar-refractivity contribution in [2.75, 3.05) is 33.7 Å². The minimum atomic E-state index is -1.17. The maximum Gasteiger partial charge on any atom is 0.308 e. The second-order valence-electron chi connectivity index (χ2n) is 15.6. The number of allylic oxidation sites excluding steroid dienone is 1. The van der Waals surface area contributed by atoms with Crippen LogP contribution in [0.15, 0.2) is 12.2 Å². The van der Waals surface area contributed by atoms with Gasteiger partial charge in [0.1, 0.15) is 17.8 Å². The van der Waals surface area contributed by atoms with Gasteiger partial charge in [-0.1, -0.05) is 40.5 Å². The third kappa shape index (κ3) is 9.66. The molecule has 11 heteroatoms. The van der Waals surface area contributed by atoms with Crippen LogP contribution in [-0.2, 0) is 28.5 Å². The molecule has 0 aromatic rings. The van der Waals surface area contributed by atoms with Crippen molar-refractivity contribution < 1.29 is 43.9 Å². The molecule has 3 N–H and O–H groups in total. The molecule has 3 fully saturated rings. The lowest BCUT2D eigenvalue weighted by Gasteiger charge is -2.46. The fourth-order valence-electron chi connectivity index (χ4n) is 8.22.